The van der Waals surface area contributed by atoms with E-state index in [1.807, 2.05) is 20.8 Å². The van der Waals surface area contributed by atoms with Gasteiger partial charge in [0.25, 0.3) is 15.9 Å². The molecule has 5 nitrogen and oxygen atoms in total. The molecule has 2 aromatic rings. The number of amides is 1. The molecule has 140 valence electrons. The molecule has 0 saturated heterocycles. The highest BCUT2D eigenvalue weighted by Gasteiger charge is 2.16. The van der Waals surface area contributed by atoms with Crippen LogP contribution in [0.4, 0.5) is 5.69 Å². The molecule has 26 heavy (non-hydrogen) atoms. The number of carbonyl (C=O) groups excluding carboxylic acids is 1. The molecular formula is C20H26N2O3S. The second-order valence-electron chi connectivity index (χ2n) is 6.44. The van der Waals surface area contributed by atoms with Crippen LogP contribution in [0.3, 0.4) is 0 Å². The summed E-state index contributed by atoms with van der Waals surface area (Å²) in [6.07, 6.45) is 1.74. The van der Waals surface area contributed by atoms with Crippen molar-refractivity contribution in [2.75, 3.05) is 4.72 Å². The molecule has 2 N–H and O–H groups in total. The van der Waals surface area contributed by atoms with Crippen LogP contribution in [0, 0.1) is 13.8 Å². The number of carbonyl (C=O) groups is 1. The molecule has 6 heteroatoms. The average Bonchev–Trinajstić information content (AvgIpc) is 2.61. The lowest BCUT2D eigenvalue weighted by atomic mass is 10.1. The van der Waals surface area contributed by atoms with Crippen LogP contribution in [-0.4, -0.2) is 20.4 Å². The highest BCUT2D eigenvalue weighted by Crippen LogP contribution is 2.21. The van der Waals surface area contributed by atoms with E-state index in [-0.39, 0.29) is 16.8 Å². The van der Waals surface area contributed by atoms with Crippen molar-refractivity contribution >= 4 is 21.6 Å². The summed E-state index contributed by atoms with van der Waals surface area (Å²) in [6.45, 7) is 7.74. The van der Waals surface area contributed by atoms with Gasteiger partial charge in [0, 0.05) is 11.6 Å². The van der Waals surface area contributed by atoms with Crippen LogP contribution in [-0.2, 0) is 10.0 Å². The Morgan fingerprint density at radius 2 is 1.62 bits per heavy atom. The van der Waals surface area contributed by atoms with Crippen molar-refractivity contribution in [1.29, 1.82) is 0 Å². The van der Waals surface area contributed by atoms with Crippen molar-refractivity contribution in [2.45, 2.75) is 51.5 Å². The fraction of sp³-hybridized carbons (Fsp3) is 0.350. The van der Waals surface area contributed by atoms with Crippen LogP contribution in [0.5, 0.6) is 0 Å². The minimum atomic E-state index is -3.66. The zero-order valence-electron chi connectivity index (χ0n) is 15.7. The molecule has 0 unspecified atom stereocenters. The number of anilines is 1. The van der Waals surface area contributed by atoms with Gasteiger partial charge in [0.2, 0.25) is 0 Å². The summed E-state index contributed by atoms with van der Waals surface area (Å²) in [5.41, 5.74) is 2.67. The first-order chi connectivity index (χ1) is 12.3. The standard InChI is InChI=1S/C20H26N2O3S/c1-5-17(6-2)21-20(23)16-9-12-19(15(4)13-16)22-26(24,25)18-10-7-14(3)8-11-18/h7-13,17,22H,5-6H2,1-4H3,(H,21,23). The molecule has 0 spiro atoms. The molecule has 0 saturated carbocycles. The fourth-order valence-corrected chi connectivity index (χ4v) is 3.73. The van der Waals surface area contributed by atoms with Crippen molar-refractivity contribution < 1.29 is 13.2 Å². The van der Waals surface area contributed by atoms with Gasteiger partial charge in [0.1, 0.15) is 0 Å². The topological polar surface area (TPSA) is 75.3 Å². The quantitative estimate of drug-likeness (QED) is 0.768. The SMILES string of the molecule is CCC(CC)NC(=O)c1ccc(NS(=O)(=O)c2ccc(C)cc2)c(C)c1. The molecule has 0 heterocycles. The minimum Gasteiger partial charge on any atom is -0.349 e. The maximum atomic E-state index is 12.5. The highest BCUT2D eigenvalue weighted by atomic mass is 32.2. The van der Waals surface area contributed by atoms with Crippen LogP contribution in [0.25, 0.3) is 0 Å². The maximum Gasteiger partial charge on any atom is 0.261 e. The van der Waals surface area contributed by atoms with Crippen molar-refractivity contribution in [1.82, 2.24) is 5.32 Å². The summed E-state index contributed by atoms with van der Waals surface area (Å²) in [5, 5.41) is 2.98. The van der Waals surface area contributed by atoms with Gasteiger partial charge in [-0.05, 0) is 62.6 Å². The molecular weight excluding hydrogens is 348 g/mol. The van der Waals surface area contributed by atoms with Gasteiger partial charge in [-0.3, -0.25) is 9.52 Å². The smallest absolute Gasteiger partial charge is 0.261 e. The van der Waals surface area contributed by atoms with Crippen LogP contribution >= 0.6 is 0 Å². The Kier molecular flexibility index (Phi) is 6.42. The summed E-state index contributed by atoms with van der Waals surface area (Å²) in [7, 11) is -3.66. The Balaban J connectivity index is 2.19. The van der Waals surface area contributed by atoms with Crippen LogP contribution in [0.2, 0.25) is 0 Å². The van der Waals surface area contributed by atoms with Crippen molar-refractivity contribution in [3.05, 3.63) is 59.2 Å². The molecule has 0 atom stereocenters. The molecule has 0 radical (unpaired) electrons. The second-order valence-corrected chi connectivity index (χ2v) is 8.12. The molecule has 0 aromatic heterocycles. The highest BCUT2D eigenvalue weighted by molar-refractivity contribution is 7.92. The van der Waals surface area contributed by atoms with Crippen LogP contribution in [0.1, 0.15) is 48.2 Å². The molecule has 0 fully saturated rings. The Morgan fingerprint density at radius 1 is 1.00 bits per heavy atom. The van der Waals surface area contributed by atoms with E-state index in [1.54, 1.807) is 49.4 Å². The third-order valence-electron chi connectivity index (χ3n) is 4.39. The molecule has 1 amide bonds. The summed E-state index contributed by atoms with van der Waals surface area (Å²) in [5.74, 6) is -0.144. The van der Waals surface area contributed by atoms with E-state index in [0.29, 0.717) is 16.8 Å². The summed E-state index contributed by atoms with van der Waals surface area (Å²) in [6, 6.07) is 11.8. The molecule has 2 aromatic carbocycles. The summed E-state index contributed by atoms with van der Waals surface area (Å²) in [4.78, 5) is 12.5. The number of hydrogen-bond donors (Lipinski definition) is 2. The van der Waals surface area contributed by atoms with E-state index < -0.39 is 10.0 Å². The van der Waals surface area contributed by atoms with Gasteiger partial charge in [-0.25, -0.2) is 8.42 Å². The lowest BCUT2D eigenvalue weighted by molar-refractivity contribution is 0.0935. The van der Waals surface area contributed by atoms with Gasteiger partial charge in [-0.15, -0.1) is 0 Å². The normalized spacial score (nSPS) is 11.4. The fourth-order valence-electron chi connectivity index (χ4n) is 2.60. The third-order valence-corrected chi connectivity index (χ3v) is 5.77. The molecule has 0 bridgehead atoms. The number of hydrogen-bond acceptors (Lipinski definition) is 3. The van der Waals surface area contributed by atoms with E-state index in [9.17, 15) is 13.2 Å². The number of nitrogens with one attached hydrogen (secondary N) is 2. The molecule has 2 rings (SSSR count). The Labute approximate surface area is 155 Å². The first-order valence-corrected chi connectivity index (χ1v) is 10.3. The van der Waals surface area contributed by atoms with Crippen LogP contribution in [0.15, 0.2) is 47.4 Å². The lowest BCUT2D eigenvalue weighted by Gasteiger charge is -2.16. The van der Waals surface area contributed by atoms with Crippen LogP contribution < -0.4 is 10.0 Å². The Hall–Kier alpha value is -2.34. The summed E-state index contributed by atoms with van der Waals surface area (Å²) < 4.78 is 27.6. The van der Waals surface area contributed by atoms with E-state index in [4.69, 9.17) is 0 Å². The zero-order valence-corrected chi connectivity index (χ0v) is 16.5. The Bertz CT molecular complexity index is 870. The maximum absolute atomic E-state index is 12.5. The number of rotatable bonds is 7. The average molecular weight is 375 g/mol. The molecule has 0 aliphatic heterocycles. The minimum absolute atomic E-state index is 0.141. The van der Waals surface area contributed by atoms with E-state index in [1.165, 1.54) is 0 Å². The number of sulfonamides is 1. The van der Waals surface area contributed by atoms with Gasteiger partial charge in [-0.2, -0.15) is 0 Å². The molecule has 0 aliphatic rings. The predicted octanol–water partition coefficient (Wildman–Crippen LogP) is 4.02. The predicted molar refractivity (Wildman–Crippen MR) is 105 cm³/mol. The van der Waals surface area contributed by atoms with Gasteiger partial charge in [0.15, 0.2) is 0 Å². The van der Waals surface area contributed by atoms with E-state index >= 15 is 0 Å². The Morgan fingerprint density at radius 3 is 2.15 bits per heavy atom. The summed E-state index contributed by atoms with van der Waals surface area (Å²) >= 11 is 0. The van der Waals surface area contributed by atoms with Gasteiger partial charge in [0.05, 0.1) is 10.6 Å². The monoisotopic (exact) mass is 374 g/mol. The van der Waals surface area contributed by atoms with Crippen molar-refractivity contribution in [3.8, 4) is 0 Å². The van der Waals surface area contributed by atoms with E-state index in [0.717, 1.165) is 18.4 Å². The first-order valence-electron chi connectivity index (χ1n) is 8.77. The molecule has 0 aliphatic carbocycles. The first kappa shape index (κ1) is 20.0. The second kappa shape index (κ2) is 8.36. The van der Waals surface area contributed by atoms with Crippen molar-refractivity contribution in [3.63, 3.8) is 0 Å². The third kappa shape index (κ3) is 4.85. The lowest BCUT2D eigenvalue weighted by Crippen LogP contribution is -2.33. The largest absolute Gasteiger partial charge is 0.349 e. The van der Waals surface area contributed by atoms with Gasteiger partial charge >= 0.3 is 0 Å². The number of benzene rings is 2. The zero-order chi connectivity index (χ0) is 19.3. The number of aryl methyl sites for hydroxylation is 2. The van der Waals surface area contributed by atoms with Gasteiger partial charge in [-0.1, -0.05) is 31.5 Å². The van der Waals surface area contributed by atoms with Gasteiger partial charge < -0.3 is 5.32 Å². The van der Waals surface area contributed by atoms with Crippen molar-refractivity contribution in [2.24, 2.45) is 0 Å². The van der Waals surface area contributed by atoms with E-state index in [2.05, 4.69) is 10.0 Å².